The summed E-state index contributed by atoms with van der Waals surface area (Å²) in [6, 6.07) is 9.47. The molecule has 1 fully saturated rings. The number of halogens is 3. The molecule has 2 aromatic carbocycles. The summed E-state index contributed by atoms with van der Waals surface area (Å²) in [7, 11) is 0. The number of rotatable bonds is 4. The van der Waals surface area contributed by atoms with Crippen molar-refractivity contribution in [3.05, 3.63) is 63.9 Å². The number of ketones is 2. The molecule has 0 N–H and O–H groups in total. The van der Waals surface area contributed by atoms with E-state index in [1.165, 1.54) is 17.0 Å². The van der Waals surface area contributed by atoms with E-state index in [2.05, 4.69) is 0 Å². The zero-order chi connectivity index (χ0) is 19.9. The highest BCUT2D eigenvalue weighted by Gasteiger charge is 2.52. The number of carbonyl (C=O) groups excluding carboxylic acids is 3. The molecule has 140 valence electrons. The maximum Gasteiger partial charge on any atom is 0.295 e. The van der Waals surface area contributed by atoms with Gasteiger partial charge in [-0.1, -0.05) is 49.2 Å². The molecule has 0 aliphatic carbocycles. The first kappa shape index (κ1) is 19.5. The highest BCUT2D eigenvalue weighted by molar-refractivity contribution is 6.48. The SMILES string of the molecule is CC(C)C(=O)C1C(=O)C(=O)N(c2ccc(F)c(Cl)c2)C1c1ccc(Cl)cc1. The number of anilines is 1. The van der Waals surface area contributed by atoms with E-state index in [9.17, 15) is 18.8 Å². The van der Waals surface area contributed by atoms with Gasteiger partial charge in [0, 0.05) is 16.6 Å². The number of amides is 1. The van der Waals surface area contributed by atoms with Gasteiger partial charge in [0.05, 0.1) is 11.1 Å². The van der Waals surface area contributed by atoms with Gasteiger partial charge in [-0.25, -0.2) is 4.39 Å². The fourth-order valence-corrected chi connectivity index (χ4v) is 3.53. The van der Waals surface area contributed by atoms with Gasteiger partial charge in [0.25, 0.3) is 5.91 Å². The fourth-order valence-electron chi connectivity index (χ4n) is 3.23. The van der Waals surface area contributed by atoms with Crippen molar-refractivity contribution in [3.63, 3.8) is 0 Å². The van der Waals surface area contributed by atoms with Crippen LogP contribution in [0.4, 0.5) is 10.1 Å². The number of Topliss-reactive ketones (excluding diaryl/α,β-unsaturated/α-hetero) is 2. The van der Waals surface area contributed by atoms with Crippen LogP contribution in [-0.4, -0.2) is 17.5 Å². The topological polar surface area (TPSA) is 54.5 Å². The number of carbonyl (C=O) groups is 3. The van der Waals surface area contributed by atoms with Crippen LogP contribution in [0.5, 0.6) is 0 Å². The second-order valence-electron chi connectivity index (χ2n) is 6.67. The van der Waals surface area contributed by atoms with Crippen molar-refractivity contribution in [2.75, 3.05) is 4.90 Å². The van der Waals surface area contributed by atoms with Crippen molar-refractivity contribution in [1.82, 2.24) is 0 Å². The minimum absolute atomic E-state index is 0.179. The average molecular weight is 408 g/mol. The second-order valence-corrected chi connectivity index (χ2v) is 7.51. The minimum Gasteiger partial charge on any atom is -0.298 e. The fraction of sp³-hybridized carbons (Fsp3) is 0.250. The Morgan fingerprint density at radius 1 is 1.07 bits per heavy atom. The molecule has 4 nitrogen and oxygen atoms in total. The van der Waals surface area contributed by atoms with Crippen molar-refractivity contribution in [2.24, 2.45) is 11.8 Å². The Morgan fingerprint density at radius 2 is 1.70 bits per heavy atom. The number of nitrogens with zero attached hydrogens (tertiary/aromatic N) is 1. The first-order valence-electron chi connectivity index (χ1n) is 8.34. The highest BCUT2D eigenvalue weighted by Crippen LogP contribution is 2.42. The van der Waals surface area contributed by atoms with E-state index in [1.807, 2.05) is 0 Å². The monoisotopic (exact) mass is 407 g/mol. The van der Waals surface area contributed by atoms with Crippen LogP contribution >= 0.6 is 23.2 Å². The van der Waals surface area contributed by atoms with Gasteiger partial charge >= 0.3 is 0 Å². The minimum atomic E-state index is -1.15. The summed E-state index contributed by atoms with van der Waals surface area (Å²) < 4.78 is 13.6. The Balaban J connectivity index is 2.18. The number of hydrogen-bond acceptors (Lipinski definition) is 3. The van der Waals surface area contributed by atoms with E-state index >= 15 is 0 Å². The molecule has 1 amide bonds. The van der Waals surface area contributed by atoms with Crippen molar-refractivity contribution < 1.29 is 18.8 Å². The summed E-state index contributed by atoms with van der Waals surface area (Å²) in [6.45, 7) is 3.35. The molecule has 0 bridgehead atoms. The molecule has 0 spiro atoms. The number of benzene rings is 2. The smallest absolute Gasteiger partial charge is 0.295 e. The average Bonchev–Trinajstić information content (AvgIpc) is 2.89. The second kappa shape index (κ2) is 7.41. The predicted molar refractivity (Wildman–Crippen MR) is 101 cm³/mol. The van der Waals surface area contributed by atoms with E-state index in [1.54, 1.807) is 38.1 Å². The Labute approximate surface area is 165 Å². The number of hydrogen-bond donors (Lipinski definition) is 0. The van der Waals surface area contributed by atoms with Gasteiger partial charge in [-0.05, 0) is 35.9 Å². The van der Waals surface area contributed by atoms with Gasteiger partial charge in [-0.2, -0.15) is 0 Å². The molecule has 1 heterocycles. The Morgan fingerprint density at radius 3 is 2.26 bits per heavy atom. The summed E-state index contributed by atoms with van der Waals surface area (Å²) in [5, 5.41) is 0.304. The lowest BCUT2D eigenvalue weighted by molar-refractivity contribution is -0.139. The van der Waals surface area contributed by atoms with E-state index in [0.29, 0.717) is 10.6 Å². The first-order valence-corrected chi connectivity index (χ1v) is 9.09. The van der Waals surface area contributed by atoms with E-state index in [4.69, 9.17) is 23.2 Å². The van der Waals surface area contributed by atoms with Gasteiger partial charge in [0.1, 0.15) is 17.5 Å². The van der Waals surface area contributed by atoms with E-state index in [-0.39, 0.29) is 16.5 Å². The Hall–Kier alpha value is -2.24. The molecule has 7 heteroatoms. The van der Waals surface area contributed by atoms with Crippen LogP contribution in [-0.2, 0) is 14.4 Å². The van der Waals surface area contributed by atoms with Gasteiger partial charge in [0.15, 0.2) is 0 Å². The molecule has 2 unspecified atom stereocenters. The van der Waals surface area contributed by atoms with Crippen molar-refractivity contribution in [2.45, 2.75) is 19.9 Å². The summed E-state index contributed by atoms with van der Waals surface area (Å²) in [6.07, 6.45) is 0. The summed E-state index contributed by atoms with van der Waals surface area (Å²) in [5.74, 6) is -4.16. The van der Waals surface area contributed by atoms with E-state index < -0.39 is 35.4 Å². The predicted octanol–water partition coefficient (Wildman–Crippen LogP) is 4.63. The summed E-state index contributed by atoms with van der Waals surface area (Å²) >= 11 is 11.8. The van der Waals surface area contributed by atoms with Crippen LogP contribution in [0.2, 0.25) is 10.0 Å². The zero-order valence-electron chi connectivity index (χ0n) is 14.6. The molecule has 0 saturated carbocycles. The lowest BCUT2D eigenvalue weighted by atomic mass is 9.85. The molecule has 3 rings (SSSR count). The largest absolute Gasteiger partial charge is 0.298 e. The molecular weight excluding hydrogens is 392 g/mol. The first-order chi connectivity index (χ1) is 12.7. The van der Waals surface area contributed by atoms with Crippen LogP contribution < -0.4 is 4.90 Å². The molecule has 1 aliphatic rings. The third-order valence-corrected chi connectivity index (χ3v) is 5.12. The molecule has 1 aliphatic heterocycles. The molecule has 0 radical (unpaired) electrons. The van der Waals surface area contributed by atoms with Crippen LogP contribution in [0.1, 0.15) is 25.5 Å². The Kier molecular flexibility index (Phi) is 5.36. The molecule has 1 saturated heterocycles. The quantitative estimate of drug-likeness (QED) is 0.548. The van der Waals surface area contributed by atoms with E-state index in [0.717, 1.165) is 6.07 Å². The van der Waals surface area contributed by atoms with Gasteiger partial charge < -0.3 is 0 Å². The van der Waals surface area contributed by atoms with Crippen molar-refractivity contribution in [3.8, 4) is 0 Å². The Bertz CT molecular complexity index is 927. The maximum atomic E-state index is 13.6. The van der Waals surface area contributed by atoms with Gasteiger partial charge in [-0.15, -0.1) is 0 Å². The normalized spacial score (nSPS) is 19.9. The molecule has 27 heavy (non-hydrogen) atoms. The van der Waals surface area contributed by atoms with Crippen LogP contribution in [0.3, 0.4) is 0 Å². The molecular formula is C20H16Cl2FNO3. The third-order valence-electron chi connectivity index (χ3n) is 4.57. The summed E-state index contributed by atoms with van der Waals surface area (Å²) in [4.78, 5) is 39.4. The molecule has 0 aromatic heterocycles. The van der Waals surface area contributed by atoms with Gasteiger partial charge in [-0.3, -0.25) is 19.3 Å². The van der Waals surface area contributed by atoms with Crippen LogP contribution in [0, 0.1) is 17.7 Å². The lowest BCUT2D eigenvalue weighted by Crippen LogP contribution is -2.31. The van der Waals surface area contributed by atoms with Crippen LogP contribution in [0.15, 0.2) is 42.5 Å². The maximum absolute atomic E-state index is 13.6. The third kappa shape index (κ3) is 3.49. The zero-order valence-corrected chi connectivity index (χ0v) is 16.1. The van der Waals surface area contributed by atoms with Crippen LogP contribution in [0.25, 0.3) is 0 Å². The summed E-state index contributed by atoms with van der Waals surface area (Å²) in [5.41, 5.74) is 0.830. The van der Waals surface area contributed by atoms with Gasteiger partial charge in [0.2, 0.25) is 5.78 Å². The molecule has 2 atom stereocenters. The molecule has 2 aromatic rings. The standard InChI is InChI=1S/C20H16Cl2FNO3/c1-10(2)18(25)16-17(11-3-5-12(21)6-4-11)24(20(27)19(16)26)13-7-8-15(23)14(22)9-13/h3-10,16-17H,1-2H3. The highest BCUT2D eigenvalue weighted by atomic mass is 35.5. The lowest BCUT2D eigenvalue weighted by Gasteiger charge is -2.28. The van der Waals surface area contributed by atoms with Crippen molar-refractivity contribution in [1.29, 1.82) is 0 Å². The van der Waals surface area contributed by atoms with Crippen molar-refractivity contribution >= 4 is 46.4 Å².